The molecule has 144 valence electrons. The lowest BCUT2D eigenvalue weighted by Gasteiger charge is -2.11. The number of thiazole rings is 1. The van der Waals surface area contributed by atoms with Gasteiger partial charge in [-0.15, -0.1) is 11.3 Å². The molecule has 0 aliphatic carbocycles. The molecule has 0 unspecified atom stereocenters. The van der Waals surface area contributed by atoms with Gasteiger partial charge in [-0.3, -0.25) is 4.98 Å². The highest BCUT2D eigenvalue weighted by molar-refractivity contribution is 7.13. The van der Waals surface area contributed by atoms with E-state index < -0.39 is 0 Å². The van der Waals surface area contributed by atoms with E-state index in [2.05, 4.69) is 51.0 Å². The fourth-order valence-corrected chi connectivity index (χ4v) is 3.02. The number of anilines is 2. The fraction of sp³-hybridized carbons (Fsp3) is 0.400. The van der Waals surface area contributed by atoms with Crippen LogP contribution in [-0.2, 0) is 0 Å². The largest absolute Gasteiger partial charge is 0.323 e. The minimum Gasteiger partial charge on any atom is -0.323 e. The molecular weight excluding hydrogens is 356 g/mol. The van der Waals surface area contributed by atoms with E-state index in [9.17, 15) is 0 Å². The van der Waals surface area contributed by atoms with Gasteiger partial charge in [-0.2, -0.15) is 0 Å². The van der Waals surface area contributed by atoms with Gasteiger partial charge >= 0.3 is 0 Å². The molecule has 6 nitrogen and oxygen atoms in total. The lowest BCUT2D eigenvalue weighted by atomic mass is 10.3. The van der Waals surface area contributed by atoms with Gasteiger partial charge in [-0.05, 0) is 51.7 Å². The van der Waals surface area contributed by atoms with Crippen LogP contribution in [0, 0.1) is 6.92 Å². The maximum Gasteiger partial charge on any atom is 0.227 e. The minimum absolute atomic E-state index is 0.554. The topological polar surface area (TPSA) is 66.8 Å². The van der Waals surface area contributed by atoms with Gasteiger partial charge in [0, 0.05) is 12.4 Å². The molecule has 0 aliphatic heterocycles. The Morgan fingerprint density at radius 2 is 2.00 bits per heavy atom. The number of hydrogen-bond donors (Lipinski definition) is 1. The predicted octanol–water partition coefficient (Wildman–Crippen LogP) is 4.79. The van der Waals surface area contributed by atoms with Crippen LogP contribution >= 0.6 is 11.3 Å². The summed E-state index contributed by atoms with van der Waals surface area (Å²) in [4.78, 5) is 20.4. The number of unbranched alkanes of at least 4 members (excludes halogenated alkanes) is 1. The van der Waals surface area contributed by atoms with E-state index in [4.69, 9.17) is 0 Å². The van der Waals surface area contributed by atoms with Crippen LogP contribution < -0.4 is 5.32 Å². The average Bonchev–Trinajstić information content (AvgIpc) is 3.13. The van der Waals surface area contributed by atoms with E-state index in [1.54, 1.807) is 29.9 Å². The molecule has 0 radical (unpaired) electrons. The molecule has 0 atom stereocenters. The molecule has 0 aliphatic rings. The highest BCUT2D eigenvalue weighted by atomic mass is 32.1. The zero-order valence-corrected chi connectivity index (χ0v) is 17.3. The van der Waals surface area contributed by atoms with Crippen molar-refractivity contribution in [2.75, 3.05) is 25.5 Å². The normalized spacial score (nSPS) is 10.4. The third-order valence-corrected chi connectivity index (χ3v) is 4.94. The van der Waals surface area contributed by atoms with E-state index in [0.717, 1.165) is 22.0 Å². The summed E-state index contributed by atoms with van der Waals surface area (Å²) in [6.07, 6.45) is 7.84. The van der Waals surface area contributed by atoms with Crippen LogP contribution in [0.1, 0.15) is 32.4 Å². The van der Waals surface area contributed by atoms with Gasteiger partial charge in [0.25, 0.3) is 0 Å². The highest BCUT2D eigenvalue weighted by Gasteiger charge is 2.07. The van der Waals surface area contributed by atoms with Crippen molar-refractivity contribution in [1.82, 2.24) is 24.8 Å². The van der Waals surface area contributed by atoms with Crippen molar-refractivity contribution in [2.24, 2.45) is 0 Å². The molecule has 0 amide bonds. The SMILES string of the molecule is CCCCN(C)CC.Cc1ncsc1-c1ccnc(Nc2cccnc2)n1. The molecule has 27 heavy (non-hydrogen) atoms. The van der Waals surface area contributed by atoms with Crippen molar-refractivity contribution in [3.63, 3.8) is 0 Å². The summed E-state index contributed by atoms with van der Waals surface area (Å²) >= 11 is 1.58. The summed E-state index contributed by atoms with van der Waals surface area (Å²) < 4.78 is 0. The maximum absolute atomic E-state index is 4.49. The van der Waals surface area contributed by atoms with E-state index in [1.165, 1.54) is 25.9 Å². The molecule has 0 saturated heterocycles. The van der Waals surface area contributed by atoms with Gasteiger partial charge in [0.1, 0.15) is 0 Å². The van der Waals surface area contributed by atoms with Gasteiger partial charge in [0.05, 0.1) is 33.7 Å². The van der Waals surface area contributed by atoms with Gasteiger partial charge in [0.15, 0.2) is 0 Å². The third kappa shape index (κ3) is 7.03. The summed E-state index contributed by atoms with van der Waals surface area (Å²) in [5.74, 6) is 0.554. The van der Waals surface area contributed by atoms with Crippen molar-refractivity contribution < 1.29 is 0 Å². The lowest BCUT2D eigenvalue weighted by molar-refractivity contribution is 0.346. The zero-order valence-electron chi connectivity index (χ0n) is 16.5. The maximum atomic E-state index is 4.49. The molecule has 0 aromatic carbocycles. The van der Waals surface area contributed by atoms with Crippen LogP contribution in [0.4, 0.5) is 11.6 Å². The van der Waals surface area contributed by atoms with Crippen molar-refractivity contribution in [3.8, 4) is 10.6 Å². The van der Waals surface area contributed by atoms with E-state index in [1.807, 2.05) is 30.6 Å². The molecule has 3 aromatic rings. The molecular formula is C20H28N6S. The van der Waals surface area contributed by atoms with Gasteiger partial charge < -0.3 is 10.2 Å². The molecule has 0 fully saturated rings. The molecule has 0 spiro atoms. The molecule has 7 heteroatoms. The lowest BCUT2D eigenvalue weighted by Crippen LogP contribution is -2.18. The first kappa shape index (κ1) is 20.9. The monoisotopic (exact) mass is 384 g/mol. The van der Waals surface area contributed by atoms with Crippen LogP contribution in [0.5, 0.6) is 0 Å². The Balaban J connectivity index is 0.000000279. The molecule has 0 saturated carbocycles. The number of nitrogens with one attached hydrogen (secondary N) is 1. The summed E-state index contributed by atoms with van der Waals surface area (Å²) in [5, 5.41) is 3.13. The quantitative estimate of drug-likeness (QED) is 0.632. The van der Waals surface area contributed by atoms with Crippen LogP contribution in [0.15, 0.2) is 42.3 Å². The fourth-order valence-electron chi connectivity index (χ4n) is 2.25. The Morgan fingerprint density at radius 1 is 1.15 bits per heavy atom. The van der Waals surface area contributed by atoms with E-state index in [-0.39, 0.29) is 0 Å². The smallest absolute Gasteiger partial charge is 0.227 e. The third-order valence-electron chi connectivity index (χ3n) is 3.98. The summed E-state index contributed by atoms with van der Waals surface area (Å²) in [5.41, 5.74) is 4.54. The van der Waals surface area contributed by atoms with Crippen molar-refractivity contribution in [1.29, 1.82) is 0 Å². The highest BCUT2D eigenvalue weighted by Crippen LogP contribution is 2.25. The van der Waals surface area contributed by atoms with Crippen molar-refractivity contribution in [3.05, 3.63) is 48.0 Å². The number of pyridine rings is 1. The first-order valence-electron chi connectivity index (χ1n) is 9.23. The molecule has 3 aromatic heterocycles. The van der Waals surface area contributed by atoms with E-state index >= 15 is 0 Å². The second-order valence-electron chi connectivity index (χ2n) is 6.15. The second kappa shape index (κ2) is 11.4. The van der Waals surface area contributed by atoms with Crippen LogP contribution in [0.2, 0.25) is 0 Å². The Labute approximate surface area is 165 Å². The van der Waals surface area contributed by atoms with Gasteiger partial charge in [0.2, 0.25) is 5.95 Å². The predicted molar refractivity (Wildman–Crippen MR) is 113 cm³/mol. The average molecular weight is 385 g/mol. The first-order chi connectivity index (χ1) is 13.1. The van der Waals surface area contributed by atoms with Crippen LogP contribution in [-0.4, -0.2) is 45.0 Å². The number of nitrogens with zero attached hydrogens (tertiary/aromatic N) is 5. The van der Waals surface area contributed by atoms with E-state index in [0.29, 0.717) is 5.95 Å². The summed E-state index contributed by atoms with van der Waals surface area (Å²) in [6, 6.07) is 5.66. The van der Waals surface area contributed by atoms with Gasteiger partial charge in [-0.1, -0.05) is 20.3 Å². The Kier molecular flexibility index (Phi) is 8.80. The standard InChI is InChI=1S/C13H11N5S.C7H17N/c1-9-12(19-8-16-9)11-4-6-15-13(18-11)17-10-3-2-5-14-7-10;1-4-6-7-8(3)5-2/h2-8H,1H3,(H,15,17,18);4-7H2,1-3H3. The van der Waals surface area contributed by atoms with Gasteiger partial charge in [-0.25, -0.2) is 15.0 Å². The Morgan fingerprint density at radius 3 is 2.63 bits per heavy atom. The summed E-state index contributed by atoms with van der Waals surface area (Å²) in [7, 11) is 2.16. The number of aromatic nitrogens is 4. The minimum atomic E-state index is 0.554. The number of aryl methyl sites for hydroxylation is 1. The molecule has 3 rings (SSSR count). The molecule has 1 N–H and O–H groups in total. The van der Waals surface area contributed by atoms with Crippen molar-refractivity contribution in [2.45, 2.75) is 33.6 Å². The number of rotatable bonds is 7. The first-order valence-corrected chi connectivity index (χ1v) is 10.1. The Hall–Kier alpha value is -2.38. The zero-order chi connectivity index (χ0) is 19.5. The van der Waals surface area contributed by atoms with Crippen molar-refractivity contribution >= 4 is 23.0 Å². The Bertz CT molecular complexity index is 790. The second-order valence-corrected chi connectivity index (χ2v) is 7.00. The number of hydrogen-bond acceptors (Lipinski definition) is 7. The van der Waals surface area contributed by atoms with Crippen LogP contribution in [0.25, 0.3) is 10.6 Å². The van der Waals surface area contributed by atoms with Crippen LogP contribution in [0.3, 0.4) is 0 Å². The summed E-state index contributed by atoms with van der Waals surface area (Å²) in [6.45, 7) is 8.83. The molecule has 0 bridgehead atoms. The molecule has 3 heterocycles.